The summed E-state index contributed by atoms with van der Waals surface area (Å²) in [7, 11) is 1.71. The van der Waals surface area contributed by atoms with Gasteiger partial charge in [-0.2, -0.15) is 0 Å². The van der Waals surface area contributed by atoms with Crippen LogP contribution in [0.2, 0.25) is 0 Å². The van der Waals surface area contributed by atoms with Gasteiger partial charge in [-0.1, -0.05) is 6.07 Å². The van der Waals surface area contributed by atoms with E-state index in [1.165, 1.54) is 0 Å². The Bertz CT molecular complexity index is 944. The predicted octanol–water partition coefficient (Wildman–Crippen LogP) is 3.19. The molecule has 0 radical (unpaired) electrons. The predicted molar refractivity (Wildman–Crippen MR) is 112 cm³/mol. The van der Waals surface area contributed by atoms with Crippen LogP contribution in [0.3, 0.4) is 0 Å². The number of hydrogen-bond acceptors (Lipinski definition) is 4. The van der Waals surface area contributed by atoms with Crippen LogP contribution in [0.25, 0.3) is 5.69 Å². The van der Waals surface area contributed by atoms with Crippen molar-refractivity contribution in [3.63, 3.8) is 0 Å². The molecule has 0 bridgehead atoms. The Balaban J connectivity index is 1.82. The van der Waals surface area contributed by atoms with E-state index >= 15 is 0 Å². The van der Waals surface area contributed by atoms with Crippen LogP contribution in [0.15, 0.2) is 61.1 Å². The summed E-state index contributed by atoms with van der Waals surface area (Å²) in [5.41, 5.74) is 4.28. The normalized spacial score (nSPS) is 19.1. The third kappa shape index (κ3) is 3.39. The van der Waals surface area contributed by atoms with Crippen LogP contribution in [0.1, 0.15) is 29.2 Å². The van der Waals surface area contributed by atoms with Gasteiger partial charge in [-0.25, -0.2) is 0 Å². The van der Waals surface area contributed by atoms with Crippen molar-refractivity contribution in [1.82, 2.24) is 24.8 Å². The van der Waals surface area contributed by atoms with Gasteiger partial charge >= 0.3 is 0 Å². The SMILES string of the molecule is COCCN1C(=S)N[C@@H](c2ccccn2)[C@@H]1c1ccc(C)n1-c1cccnc1. The van der Waals surface area contributed by atoms with Crippen molar-refractivity contribution in [2.75, 3.05) is 20.3 Å². The fourth-order valence-corrected chi connectivity index (χ4v) is 4.12. The summed E-state index contributed by atoms with van der Waals surface area (Å²) in [4.78, 5) is 11.1. The molecule has 0 saturated carbocycles. The van der Waals surface area contributed by atoms with Crippen molar-refractivity contribution >= 4 is 17.3 Å². The Labute approximate surface area is 170 Å². The molecule has 28 heavy (non-hydrogen) atoms. The molecule has 4 rings (SSSR count). The summed E-state index contributed by atoms with van der Waals surface area (Å²) in [5, 5.41) is 4.19. The number of rotatable bonds is 6. The first-order chi connectivity index (χ1) is 13.7. The van der Waals surface area contributed by atoms with E-state index < -0.39 is 0 Å². The lowest BCUT2D eigenvalue weighted by Crippen LogP contribution is -2.33. The Morgan fingerprint density at radius 2 is 2.04 bits per heavy atom. The maximum absolute atomic E-state index is 5.68. The van der Waals surface area contributed by atoms with E-state index in [0.717, 1.165) is 22.8 Å². The largest absolute Gasteiger partial charge is 0.383 e. The Morgan fingerprint density at radius 3 is 2.75 bits per heavy atom. The Kier molecular flexibility index (Phi) is 5.36. The first-order valence-electron chi connectivity index (χ1n) is 9.26. The standard InChI is InChI=1S/C21H23N5OS/c1-15-8-9-18(26(15)16-6-5-10-22-14-16)20-19(17-7-3-4-11-23-17)24-21(28)25(20)12-13-27-2/h3-11,14,19-20H,12-13H2,1-2H3,(H,24,28)/t19-,20-/m0/s1. The van der Waals surface area contributed by atoms with Crippen molar-refractivity contribution in [1.29, 1.82) is 0 Å². The van der Waals surface area contributed by atoms with E-state index in [9.17, 15) is 0 Å². The summed E-state index contributed by atoms with van der Waals surface area (Å²) in [6, 6.07) is 14.2. The number of nitrogens with zero attached hydrogens (tertiary/aromatic N) is 4. The fraction of sp³-hybridized carbons (Fsp3) is 0.286. The molecule has 4 heterocycles. The molecule has 0 amide bonds. The molecule has 7 heteroatoms. The summed E-state index contributed by atoms with van der Waals surface area (Å²) in [5.74, 6) is 0. The molecular formula is C21H23N5OS. The first-order valence-corrected chi connectivity index (χ1v) is 9.67. The zero-order chi connectivity index (χ0) is 19.5. The molecule has 6 nitrogen and oxygen atoms in total. The number of hydrogen-bond donors (Lipinski definition) is 1. The second-order valence-corrected chi connectivity index (χ2v) is 7.15. The van der Waals surface area contributed by atoms with Gasteiger partial charge in [-0.05, 0) is 55.5 Å². The molecule has 1 fully saturated rings. The van der Waals surface area contributed by atoms with Gasteiger partial charge in [0.15, 0.2) is 5.11 Å². The fourth-order valence-electron chi connectivity index (χ4n) is 3.79. The topological polar surface area (TPSA) is 55.2 Å². The average Bonchev–Trinajstić information content (AvgIpc) is 3.27. The number of aryl methyl sites for hydroxylation is 1. The van der Waals surface area contributed by atoms with E-state index in [-0.39, 0.29) is 12.1 Å². The average molecular weight is 394 g/mol. The van der Waals surface area contributed by atoms with Gasteiger partial charge < -0.3 is 19.5 Å². The van der Waals surface area contributed by atoms with Gasteiger partial charge in [-0.3, -0.25) is 9.97 Å². The van der Waals surface area contributed by atoms with Crippen molar-refractivity contribution in [3.8, 4) is 5.69 Å². The molecule has 2 atom stereocenters. The smallest absolute Gasteiger partial charge is 0.170 e. The van der Waals surface area contributed by atoms with Crippen LogP contribution >= 0.6 is 12.2 Å². The second kappa shape index (κ2) is 8.08. The van der Waals surface area contributed by atoms with Crippen LogP contribution in [-0.2, 0) is 4.74 Å². The van der Waals surface area contributed by atoms with E-state index in [1.54, 1.807) is 13.3 Å². The van der Waals surface area contributed by atoms with Gasteiger partial charge in [0.1, 0.15) is 0 Å². The first kappa shape index (κ1) is 18.6. The van der Waals surface area contributed by atoms with Gasteiger partial charge in [0.25, 0.3) is 0 Å². The summed E-state index contributed by atoms with van der Waals surface area (Å²) in [6.45, 7) is 3.40. The number of nitrogens with one attached hydrogen (secondary N) is 1. The second-order valence-electron chi connectivity index (χ2n) is 6.76. The van der Waals surface area contributed by atoms with Crippen LogP contribution in [0.4, 0.5) is 0 Å². The van der Waals surface area contributed by atoms with Crippen LogP contribution in [-0.4, -0.2) is 44.8 Å². The van der Waals surface area contributed by atoms with Gasteiger partial charge in [0.05, 0.1) is 36.3 Å². The summed E-state index contributed by atoms with van der Waals surface area (Å²) in [6.07, 6.45) is 5.49. The van der Waals surface area contributed by atoms with Crippen LogP contribution in [0.5, 0.6) is 0 Å². The highest BCUT2D eigenvalue weighted by atomic mass is 32.1. The van der Waals surface area contributed by atoms with Crippen molar-refractivity contribution in [2.24, 2.45) is 0 Å². The van der Waals surface area contributed by atoms with E-state index in [4.69, 9.17) is 17.0 Å². The highest BCUT2D eigenvalue weighted by Gasteiger charge is 2.41. The molecule has 1 aliphatic heterocycles. The number of methoxy groups -OCH3 is 1. The minimum Gasteiger partial charge on any atom is -0.383 e. The molecule has 0 unspecified atom stereocenters. The quantitative estimate of drug-likeness (QED) is 0.649. The molecule has 1 N–H and O–H groups in total. The minimum atomic E-state index is -0.0460. The molecule has 1 aliphatic rings. The zero-order valence-electron chi connectivity index (χ0n) is 15.9. The third-order valence-electron chi connectivity index (χ3n) is 5.05. The maximum atomic E-state index is 5.68. The number of aromatic nitrogens is 3. The van der Waals surface area contributed by atoms with E-state index in [0.29, 0.717) is 18.3 Å². The molecule has 0 aromatic carbocycles. The van der Waals surface area contributed by atoms with E-state index in [1.807, 2.05) is 36.7 Å². The maximum Gasteiger partial charge on any atom is 0.170 e. The molecule has 144 valence electrons. The highest BCUT2D eigenvalue weighted by Crippen LogP contribution is 2.39. The number of pyridine rings is 2. The number of ether oxygens (including phenoxy) is 1. The van der Waals surface area contributed by atoms with Crippen LogP contribution < -0.4 is 5.32 Å². The van der Waals surface area contributed by atoms with Crippen LogP contribution in [0, 0.1) is 6.92 Å². The number of thiocarbonyl (C=S) groups is 1. The monoisotopic (exact) mass is 393 g/mol. The molecule has 3 aromatic rings. The summed E-state index contributed by atoms with van der Waals surface area (Å²) >= 11 is 5.68. The Hall–Kier alpha value is -2.77. The van der Waals surface area contributed by atoms with Crippen molar-refractivity contribution < 1.29 is 4.74 Å². The minimum absolute atomic E-state index is 0.00791. The van der Waals surface area contributed by atoms with Gasteiger partial charge in [0.2, 0.25) is 0 Å². The lowest BCUT2D eigenvalue weighted by molar-refractivity contribution is 0.163. The molecule has 0 spiro atoms. The zero-order valence-corrected chi connectivity index (χ0v) is 16.8. The lowest BCUT2D eigenvalue weighted by atomic mass is 10.0. The van der Waals surface area contributed by atoms with Gasteiger partial charge in [0, 0.05) is 37.4 Å². The van der Waals surface area contributed by atoms with Gasteiger partial charge in [-0.15, -0.1) is 0 Å². The molecule has 3 aromatic heterocycles. The molecule has 0 aliphatic carbocycles. The van der Waals surface area contributed by atoms with Crippen molar-refractivity contribution in [3.05, 3.63) is 78.1 Å². The van der Waals surface area contributed by atoms with Crippen molar-refractivity contribution in [2.45, 2.75) is 19.0 Å². The summed E-state index contributed by atoms with van der Waals surface area (Å²) < 4.78 is 7.57. The Morgan fingerprint density at radius 1 is 1.14 bits per heavy atom. The van der Waals surface area contributed by atoms with E-state index in [2.05, 4.69) is 49.9 Å². The third-order valence-corrected chi connectivity index (χ3v) is 5.40. The highest BCUT2D eigenvalue weighted by molar-refractivity contribution is 7.80. The lowest BCUT2D eigenvalue weighted by Gasteiger charge is -2.29. The molecule has 1 saturated heterocycles. The molecular weight excluding hydrogens is 370 g/mol.